The molecule has 0 aliphatic carbocycles. The predicted molar refractivity (Wildman–Crippen MR) is 114 cm³/mol. The standard InChI is InChI=1S/C24H28N2O2/c1-19-24(16-11-17-28-23(2,3)4,18-20-12-7-5-8-13-20)22(27)26(25-19)21-14-9-6-10-15-21/h5-15,17H,16,18H2,1-4H3/b17-11+/t24-/m0/s1. The summed E-state index contributed by atoms with van der Waals surface area (Å²) in [5.74, 6) is 0.000428. The fraction of sp³-hybridized carbons (Fsp3) is 0.333. The molecule has 0 saturated heterocycles. The van der Waals surface area contributed by atoms with Gasteiger partial charge in [-0.05, 0) is 64.3 Å². The summed E-state index contributed by atoms with van der Waals surface area (Å²) >= 11 is 0. The summed E-state index contributed by atoms with van der Waals surface area (Å²) in [5, 5.41) is 6.18. The van der Waals surface area contributed by atoms with Gasteiger partial charge in [-0.25, -0.2) is 0 Å². The van der Waals surface area contributed by atoms with E-state index in [0.717, 1.165) is 17.0 Å². The summed E-state index contributed by atoms with van der Waals surface area (Å²) in [6, 6.07) is 19.7. The minimum atomic E-state index is -0.713. The predicted octanol–water partition coefficient (Wildman–Crippen LogP) is 5.36. The molecule has 1 atom stereocenters. The third-order valence-electron chi connectivity index (χ3n) is 4.88. The number of nitrogens with zero attached hydrogens (tertiary/aromatic N) is 2. The van der Waals surface area contributed by atoms with Crippen LogP contribution >= 0.6 is 0 Å². The van der Waals surface area contributed by atoms with Gasteiger partial charge in [0.25, 0.3) is 5.91 Å². The molecule has 1 aliphatic heterocycles. The van der Waals surface area contributed by atoms with Crippen molar-refractivity contribution in [3.8, 4) is 0 Å². The normalized spacial score (nSPS) is 19.9. The first-order chi connectivity index (χ1) is 13.3. The van der Waals surface area contributed by atoms with Crippen molar-refractivity contribution in [3.63, 3.8) is 0 Å². The van der Waals surface area contributed by atoms with Crippen LogP contribution < -0.4 is 5.01 Å². The van der Waals surface area contributed by atoms with Crippen molar-refractivity contribution < 1.29 is 9.53 Å². The molecule has 3 rings (SSSR count). The highest BCUT2D eigenvalue weighted by Gasteiger charge is 2.48. The molecule has 0 fully saturated rings. The summed E-state index contributed by atoms with van der Waals surface area (Å²) < 4.78 is 5.72. The Balaban J connectivity index is 1.92. The van der Waals surface area contributed by atoms with Crippen LogP contribution in [0.1, 0.15) is 39.7 Å². The Morgan fingerprint density at radius 2 is 1.64 bits per heavy atom. The zero-order valence-corrected chi connectivity index (χ0v) is 17.1. The van der Waals surface area contributed by atoms with E-state index in [0.29, 0.717) is 12.8 Å². The van der Waals surface area contributed by atoms with Crippen LogP contribution in [0.15, 0.2) is 78.1 Å². The lowest BCUT2D eigenvalue weighted by molar-refractivity contribution is -0.123. The van der Waals surface area contributed by atoms with Crippen LogP contribution in [0.4, 0.5) is 5.69 Å². The number of rotatable bonds is 6. The number of carbonyl (C=O) groups is 1. The summed E-state index contributed by atoms with van der Waals surface area (Å²) in [7, 11) is 0. The smallest absolute Gasteiger partial charge is 0.260 e. The third kappa shape index (κ3) is 4.33. The Labute approximate surface area is 167 Å². The Kier molecular flexibility index (Phi) is 5.68. The molecule has 2 aromatic carbocycles. The first kappa shape index (κ1) is 19.9. The first-order valence-corrected chi connectivity index (χ1v) is 9.64. The molecule has 1 amide bonds. The maximum atomic E-state index is 13.6. The molecule has 0 N–H and O–H groups in total. The fourth-order valence-corrected chi connectivity index (χ4v) is 3.35. The van der Waals surface area contributed by atoms with Crippen LogP contribution in [-0.4, -0.2) is 17.2 Å². The highest BCUT2D eigenvalue weighted by Crippen LogP contribution is 2.39. The SMILES string of the molecule is CC1=NN(c2ccccc2)C(=O)[C@@]1(C/C=C/OC(C)(C)C)Cc1ccccc1. The molecule has 0 unspecified atom stereocenters. The lowest BCUT2D eigenvalue weighted by Crippen LogP contribution is -2.40. The van der Waals surface area contributed by atoms with Gasteiger partial charge in [-0.2, -0.15) is 10.1 Å². The molecule has 1 aliphatic rings. The van der Waals surface area contributed by atoms with Crippen LogP contribution in [0.3, 0.4) is 0 Å². The van der Waals surface area contributed by atoms with Crippen LogP contribution in [0.5, 0.6) is 0 Å². The van der Waals surface area contributed by atoms with Crippen molar-refractivity contribution in [1.82, 2.24) is 0 Å². The van der Waals surface area contributed by atoms with Gasteiger partial charge in [-0.3, -0.25) is 4.79 Å². The monoisotopic (exact) mass is 376 g/mol. The molecular weight excluding hydrogens is 348 g/mol. The zero-order valence-electron chi connectivity index (χ0n) is 17.1. The van der Waals surface area contributed by atoms with Crippen LogP contribution in [0, 0.1) is 5.41 Å². The van der Waals surface area contributed by atoms with E-state index in [1.165, 1.54) is 5.01 Å². The second-order valence-electron chi connectivity index (χ2n) is 8.19. The van der Waals surface area contributed by atoms with Crippen molar-refractivity contribution in [2.24, 2.45) is 10.5 Å². The number of carbonyl (C=O) groups excluding carboxylic acids is 1. The van der Waals surface area contributed by atoms with Gasteiger partial charge in [0.2, 0.25) is 0 Å². The number of hydrogen-bond donors (Lipinski definition) is 0. The van der Waals surface area contributed by atoms with Gasteiger partial charge in [0.05, 0.1) is 28.7 Å². The van der Waals surface area contributed by atoms with E-state index in [4.69, 9.17) is 4.74 Å². The van der Waals surface area contributed by atoms with Crippen LogP contribution in [0.25, 0.3) is 0 Å². The molecule has 4 heteroatoms. The van der Waals surface area contributed by atoms with E-state index in [1.54, 1.807) is 6.26 Å². The maximum absolute atomic E-state index is 13.6. The van der Waals surface area contributed by atoms with E-state index in [2.05, 4.69) is 17.2 Å². The highest BCUT2D eigenvalue weighted by atomic mass is 16.5. The number of amides is 1. The number of para-hydroxylation sites is 1. The van der Waals surface area contributed by atoms with Gasteiger partial charge in [-0.1, -0.05) is 48.5 Å². The number of allylic oxidation sites excluding steroid dienone is 1. The summed E-state index contributed by atoms with van der Waals surface area (Å²) in [5.41, 5.74) is 1.75. The summed E-state index contributed by atoms with van der Waals surface area (Å²) in [6.45, 7) is 7.95. The molecule has 0 saturated carbocycles. The van der Waals surface area contributed by atoms with Crippen molar-refractivity contribution >= 4 is 17.3 Å². The van der Waals surface area contributed by atoms with Gasteiger partial charge in [0.15, 0.2) is 0 Å². The van der Waals surface area contributed by atoms with Gasteiger partial charge < -0.3 is 4.74 Å². The molecule has 4 nitrogen and oxygen atoms in total. The second kappa shape index (κ2) is 8.01. The summed E-state index contributed by atoms with van der Waals surface area (Å²) in [4.78, 5) is 13.6. The lowest BCUT2D eigenvalue weighted by atomic mass is 9.75. The molecule has 0 aromatic heterocycles. The molecule has 2 aromatic rings. The number of hydrazone groups is 1. The minimum Gasteiger partial charge on any atom is -0.496 e. The molecule has 146 valence electrons. The van der Waals surface area contributed by atoms with E-state index in [9.17, 15) is 4.79 Å². The number of benzene rings is 2. The minimum absolute atomic E-state index is 0.000428. The quantitative estimate of drug-likeness (QED) is 0.637. The Morgan fingerprint density at radius 3 is 2.25 bits per heavy atom. The lowest BCUT2D eigenvalue weighted by Gasteiger charge is -2.27. The largest absolute Gasteiger partial charge is 0.496 e. The molecular formula is C24H28N2O2. The molecule has 1 heterocycles. The molecule has 0 spiro atoms. The van der Waals surface area contributed by atoms with Gasteiger partial charge in [-0.15, -0.1) is 0 Å². The van der Waals surface area contributed by atoms with Crippen molar-refractivity contribution in [2.75, 3.05) is 5.01 Å². The summed E-state index contributed by atoms with van der Waals surface area (Å²) in [6.07, 6.45) is 4.79. The Bertz CT molecular complexity index is 866. The first-order valence-electron chi connectivity index (χ1n) is 9.64. The van der Waals surface area contributed by atoms with E-state index >= 15 is 0 Å². The molecule has 0 radical (unpaired) electrons. The highest BCUT2D eigenvalue weighted by molar-refractivity contribution is 6.18. The topological polar surface area (TPSA) is 41.9 Å². The van der Waals surface area contributed by atoms with Gasteiger partial charge >= 0.3 is 0 Å². The van der Waals surface area contributed by atoms with Crippen LogP contribution in [-0.2, 0) is 16.0 Å². The molecule has 0 bridgehead atoms. The van der Waals surface area contributed by atoms with Gasteiger partial charge in [0.1, 0.15) is 0 Å². The maximum Gasteiger partial charge on any atom is 0.260 e. The third-order valence-corrected chi connectivity index (χ3v) is 4.88. The average molecular weight is 377 g/mol. The number of ether oxygens (including phenoxy) is 1. The second-order valence-corrected chi connectivity index (χ2v) is 8.19. The Morgan fingerprint density at radius 1 is 1.04 bits per heavy atom. The van der Waals surface area contributed by atoms with Gasteiger partial charge in [0, 0.05) is 0 Å². The zero-order chi connectivity index (χ0) is 20.2. The Hall–Kier alpha value is -2.88. The van der Waals surface area contributed by atoms with Crippen molar-refractivity contribution in [2.45, 2.75) is 46.1 Å². The van der Waals surface area contributed by atoms with E-state index in [-0.39, 0.29) is 11.5 Å². The van der Waals surface area contributed by atoms with E-state index in [1.807, 2.05) is 82.3 Å². The number of hydrogen-bond acceptors (Lipinski definition) is 3. The van der Waals surface area contributed by atoms with Crippen molar-refractivity contribution in [3.05, 3.63) is 78.6 Å². The van der Waals surface area contributed by atoms with Crippen LogP contribution in [0.2, 0.25) is 0 Å². The van der Waals surface area contributed by atoms with E-state index < -0.39 is 5.41 Å². The van der Waals surface area contributed by atoms with Crippen molar-refractivity contribution in [1.29, 1.82) is 0 Å². The average Bonchev–Trinajstić information content (AvgIpc) is 2.91. The number of anilines is 1. The molecule has 28 heavy (non-hydrogen) atoms. The fourth-order valence-electron chi connectivity index (χ4n) is 3.35.